The summed E-state index contributed by atoms with van der Waals surface area (Å²) in [7, 11) is 1.50. The minimum atomic E-state index is -0.430. The van der Waals surface area contributed by atoms with E-state index in [9.17, 15) is 4.79 Å². The van der Waals surface area contributed by atoms with Crippen molar-refractivity contribution >= 4 is 5.91 Å². The predicted octanol–water partition coefficient (Wildman–Crippen LogP) is 1.03. The maximum Gasteiger partial charge on any atom is 0.251 e. The van der Waals surface area contributed by atoms with E-state index in [0.29, 0.717) is 13.1 Å². The Morgan fingerprint density at radius 1 is 1.57 bits per heavy atom. The van der Waals surface area contributed by atoms with Gasteiger partial charge in [-0.1, -0.05) is 0 Å². The second-order valence-corrected chi connectivity index (χ2v) is 3.28. The lowest BCUT2D eigenvalue weighted by molar-refractivity contribution is -0.141. The molecule has 0 radical (unpaired) electrons. The van der Waals surface area contributed by atoms with Gasteiger partial charge in [-0.15, -0.1) is 0 Å². The first-order valence-corrected chi connectivity index (χ1v) is 4.78. The molecule has 0 N–H and O–H groups in total. The molecular formula is C10H18N2O2. The number of hydrogen-bond acceptors (Lipinski definition) is 3. The average Bonchev–Trinajstić information content (AvgIpc) is 2.23. The van der Waals surface area contributed by atoms with Crippen LogP contribution in [0.1, 0.15) is 20.8 Å². The van der Waals surface area contributed by atoms with Gasteiger partial charge in [-0.3, -0.25) is 4.79 Å². The standard InChI is InChI=1S/C10H18N2O2/c1-5-12(7-8(2)6-11)10(13)9(3)14-4/h8-9H,5,7H2,1-4H3. The maximum atomic E-state index is 11.6. The quantitative estimate of drug-likeness (QED) is 0.663. The molecule has 0 aromatic carbocycles. The third kappa shape index (κ3) is 3.75. The Morgan fingerprint density at radius 2 is 2.14 bits per heavy atom. The van der Waals surface area contributed by atoms with Crippen LogP contribution in [-0.2, 0) is 9.53 Å². The van der Waals surface area contributed by atoms with Crippen molar-refractivity contribution in [2.24, 2.45) is 5.92 Å². The van der Waals surface area contributed by atoms with E-state index in [-0.39, 0.29) is 11.8 Å². The minimum Gasteiger partial charge on any atom is -0.372 e. The highest BCUT2D eigenvalue weighted by atomic mass is 16.5. The fourth-order valence-electron chi connectivity index (χ4n) is 1.10. The largest absolute Gasteiger partial charge is 0.372 e. The number of rotatable bonds is 5. The molecule has 0 spiro atoms. The number of hydrogen-bond donors (Lipinski definition) is 0. The van der Waals surface area contributed by atoms with Gasteiger partial charge in [0, 0.05) is 20.2 Å². The van der Waals surface area contributed by atoms with Crippen molar-refractivity contribution in [3.63, 3.8) is 0 Å². The Kier molecular flexibility index (Phi) is 5.89. The predicted molar refractivity (Wildman–Crippen MR) is 53.5 cm³/mol. The van der Waals surface area contributed by atoms with Gasteiger partial charge < -0.3 is 9.64 Å². The third-order valence-electron chi connectivity index (χ3n) is 2.11. The van der Waals surface area contributed by atoms with Crippen molar-refractivity contribution in [1.29, 1.82) is 5.26 Å². The number of nitriles is 1. The van der Waals surface area contributed by atoms with Gasteiger partial charge >= 0.3 is 0 Å². The molecule has 4 nitrogen and oxygen atoms in total. The van der Waals surface area contributed by atoms with Crippen LogP contribution in [0.4, 0.5) is 0 Å². The molecule has 0 saturated heterocycles. The highest BCUT2D eigenvalue weighted by Gasteiger charge is 2.20. The molecule has 80 valence electrons. The summed E-state index contributed by atoms with van der Waals surface area (Å²) in [4.78, 5) is 13.3. The molecule has 0 aromatic heterocycles. The Morgan fingerprint density at radius 3 is 2.50 bits per heavy atom. The fraction of sp³-hybridized carbons (Fsp3) is 0.800. The van der Waals surface area contributed by atoms with Crippen LogP contribution >= 0.6 is 0 Å². The smallest absolute Gasteiger partial charge is 0.251 e. The average molecular weight is 198 g/mol. The van der Waals surface area contributed by atoms with Crippen LogP contribution in [0.2, 0.25) is 0 Å². The van der Waals surface area contributed by atoms with Crippen LogP contribution in [0.3, 0.4) is 0 Å². The molecule has 0 aliphatic rings. The molecule has 0 bridgehead atoms. The molecule has 4 heteroatoms. The highest BCUT2D eigenvalue weighted by Crippen LogP contribution is 2.03. The lowest BCUT2D eigenvalue weighted by Crippen LogP contribution is -2.40. The van der Waals surface area contributed by atoms with Gasteiger partial charge in [-0.25, -0.2) is 0 Å². The summed E-state index contributed by atoms with van der Waals surface area (Å²) in [5, 5.41) is 8.64. The molecule has 2 atom stereocenters. The van der Waals surface area contributed by atoms with Crippen molar-refractivity contribution < 1.29 is 9.53 Å². The number of carbonyl (C=O) groups is 1. The number of ether oxygens (including phenoxy) is 1. The minimum absolute atomic E-state index is 0.0582. The number of carbonyl (C=O) groups excluding carboxylic acids is 1. The van der Waals surface area contributed by atoms with E-state index in [2.05, 4.69) is 6.07 Å². The highest BCUT2D eigenvalue weighted by molar-refractivity contribution is 5.80. The van der Waals surface area contributed by atoms with Crippen molar-refractivity contribution in [2.45, 2.75) is 26.9 Å². The third-order valence-corrected chi connectivity index (χ3v) is 2.11. The summed E-state index contributed by atoms with van der Waals surface area (Å²) < 4.78 is 4.94. The molecule has 0 aromatic rings. The van der Waals surface area contributed by atoms with Gasteiger partial charge in [-0.05, 0) is 20.8 Å². The van der Waals surface area contributed by atoms with Crippen molar-refractivity contribution in [1.82, 2.24) is 4.90 Å². The molecule has 0 aliphatic carbocycles. The van der Waals surface area contributed by atoms with Crippen molar-refractivity contribution in [3.8, 4) is 6.07 Å². The Bertz CT molecular complexity index is 223. The van der Waals surface area contributed by atoms with Crippen LogP contribution in [-0.4, -0.2) is 37.1 Å². The lowest BCUT2D eigenvalue weighted by atomic mass is 10.2. The summed E-state index contributed by atoms with van der Waals surface area (Å²) in [5.41, 5.74) is 0. The topological polar surface area (TPSA) is 53.3 Å². The van der Waals surface area contributed by atoms with Crippen LogP contribution in [0.15, 0.2) is 0 Å². The van der Waals surface area contributed by atoms with Gasteiger partial charge in [0.25, 0.3) is 5.91 Å². The molecule has 0 heterocycles. The van der Waals surface area contributed by atoms with Gasteiger partial charge in [0.2, 0.25) is 0 Å². The van der Waals surface area contributed by atoms with E-state index in [4.69, 9.17) is 10.00 Å². The zero-order valence-corrected chi connectivity index (χ0v) is 9.28. The fourth-order valence-corrected chi connectivity index (χ4v) is 1.10. The summed E-state index contributed by atoms with van der Waals surface area (Å²) in [5.74, 6) is -0.194. The van der Waals surface area contributed by atoms with E-state index in [1.807, 2.05) is 6.92 Å². The Hall–Kier alpha value is -1.08. The zero-order valence-electron chi connectivity index (χ0n) is 9.28. The summed E-state index contributed by atoms with van der Waals surface area (Å²) in [6.45, 7) is 6.48. The van der Waals surface area contributed by atoms with Gasteiger partial charge in [-0.2, -0.15) is 5.26 Å². The van der Waals surface area contributed by atoms with Crippen LogP contribution < -0.4 is 0 Å². The van der Waals surface area contributed by atoms with Crippen LogP contribution in [0, 0.1) is 17.2 Å². The molecule has 0 rings (SSSR count). The molecule has 0 aliphatic heterocycles. The van der Waals surface area contributed by atoms with E-state index in [1.54, 1.807) is 18.7 Å². The van der Waals surface area contributed by atoms with Gasteiger partial charge in [0.15, 0.2) is 0 Å². The second-order valence-electron chi connectivity index (χ2n) is 3.28. The summed E-state index contributed by atoms with van der Waals surface area (Å²) in [6, 6.07) is 2.11. The maximum absolute atomic E-state index is 11.6. The summed E-state index contributed by atoms with van der Waals surface area (Å²) >= 11 is 0. The first-order chi connectivity index (χ1) is 6.56. The number of nitrogens with zero attached hydrogens (tertiary/aromatic N) is 2. The normalized spacial score (nSPS) is 14.2. The van der Waals surface area contributed by atoms with Crippen LogP contribution in [0.5, 0.6) is 0 Å². The molecule has 2 unspecified atom stereocenters. The second kappa shape index (κ2) is 6.39. The van der Waals surface area contributed by atoms with E-state index >= 15 is 0 Å². The van der Waals surface area contributed by atoms with Gasteiger partial charge in [0.1, 0.15) is 6.10 Å². The first kappa shape index (κ1) is 12.9. The monoisotopic (exact) mass is 198 g/mol. The Labute approximate surface area is 85.5 Å². The number of likely N-dealkylation sites (N-methyl/N-ethyl adjacent to an activating group) is 1. The van der Waals surface area contributed by atoms with E-state index in [1.165, 1.54) is 7.11 Å². The number of methoxy groups -OCH3 is 1. The first-order valence-electron chi connectivity index (χ1n) is 4.78. The number of amides is 1. The molecule has 14 heavy (non-hydrogen) atoms. The lowest BCUT2D eigenvalue weighted by Gasteiger charge is -2.24. The zero-order chi connectivity index (χ0) is 11.1. The molecule has 0 fully saturated rings. The summed E-state index contributed by atoms with van der Waals surface area (Å²) in [6.07, 6.45) is -0.430. The van der Waals surface area contributed by atoms with Gasteiger partial charge in [0.05, 0.1) is 12.0 Å². The molecule has 0 saturated carbocycles. The van der Waals surface area contributed by atoms with Crippen LogP contribution in [0.25, 0.3) is 0 Å². The molecular weight excluding hydrogens is 180 g/mol. The SMILES string of the molecule is CCN(CC(C)C#N)C(=O)C(C)OC. The van der Waals surface area contributed by atoms with E-state index in [0.717, 1.165) is 0 Å². The molecule has 1 amide bonds. The van der Waals surface area contributed by atoms with E-state index < -0.39 is 6.10 Å². The Balaban J connectivity index is 4.27. The van der Waals surface area contributed by atoms with Crippen molar-refractivity contribution in [2.75, 3.05) is 20.2 Å². The van der Waals surface area contributed by atoms with Crippen molar-refractivity contribution in [3.05, 3.63) is 0 Å².